The van der Waals surface area contributed by atoms with Gasteiger partial charge < -0.3 is 14.9 Å². The number of phenols is 1. The minimum atomic E-state index is -1.07. The Kier molecular flexibility index (Phi) is 6.36. The van der Waals surface area contributed by atoms with Gasteiger partial charge in [0.05, 0.1) is 23.9 Å². The number of carbonyl (C=O) groups is 2. The van der Waals surface area contributed by atoms with Gasteiger partial charge in [0.2, 0.25) is 0 Å². The first-order chi connectivity index (χ1) is 16.3. The van der Waals surface area contributed by atoms with Gasteiger partial charge in [-0.2, -0.15) is 0 Å². The summed E-state index contributed by atoms with van der Waals surface area (Å²) in [7, 11) is 0. The molecular weight excluding hydrogens is 437 g/mol. The van der Waals surface area contributed by atoms with Crippen LogP contribution in [0.2, 0.25) is 0 Å². The van der Waals surface area contributed by atoms with Crippen molar-refractivity contribution in [3.63, 3.8) is 0 Å². The lowest BCUT2D eigenvalue weighted by Gasteiger charge is -2.26. The molecule has 34 heavy (non-hydrogen) atoms. The summed E-state index contributed by atoms with van der Waals surface area (Å²) in [6, 6.07) is 16.9. The number of amides is 1. The summed E-state index contributed by atoms with van der Waals surface area (Å²) in [5, 5.41) is 21.6. The highest BCUT2D eigenvalue weighted by molar-refractivity contribution is 6.51. The summed E-state index contributed by atoms with van der Waals surface area (Å²) in [5.74, 6) is -2.11. The predicted octanol–water partition coefficient (Wildman–Crippen LogP) is 5.19. The third-order valence-corrected chi connectivity index (χ3v) is 5.46. The molecule has 3 aromatic rings. The molecule has 0 aromatic heterocycles. The van der Waals surface area contributed by atoms with Crippen LogP contribution in [0, 0.1) is 11.7 Å². The van der Waals surface area contributed by atoms with Crippen molar-refractivity contribution >= 4 is 23.1 Å². The molecule has 0 spiro atoms. The number of phenolic OH excluding ortho intramolecular Hbond substituents is 1. The Bertz CT molecular complexity index is 1270. The zero-order chi connectivity index (χ0) is 24.4. The molecule has 2 N–H and O–H groups in total. The van der Waals surface area contributed by atoms with Gasteiger partial charge in [-0.05, 0) is 47.9 Å². The second kappa shape index (κ2) is 9.39. The number of hydrogen-bond donors (Lipinski definition) is 2. The molecule has 1 amide bonds. The number of rotatable bonds is 6. The Balaban J connectivity index is 1.88. The maximum absolute atomic E-state index is 13.6. The molecule has 7 heteroatoms. The quantitative estimate of drug-likeness (QED) is 0.300. The van der Waals surface area contributed by atoms with Gasteiger partial charge in [-0.25, -0.2) is 4.39 Å². The normalized spacial score (nSPS) is 17.4. The lowest BCUT2D eigenvalue weighted by molar-refractivity contribution is -0.132. The molecule has 6 nitrogen and oxygen atoms in total. The summed E-state index contributed by atoms with van der Waals surface area (Å²) in [6.07, 6.45) is 0. The molecule has 1 heterocycles. The molecule has 4 rings (SSSR count). The lowest BCUT2D eigenvalue weighted by Crippen LogP contribution is -2.29. The van der Waals surface area contributed by atoms with Crippen LogP contribution in [0.4, 0.5) is 10.1 Å². The summed E-state index contributed by atoms with van der Waals surface area (Å²) in [4.78, 5) is 27.4. The maximum atomic E-state index is 13.6. The third-order valence-electron chi connectivity index (χ3n) is 5.46. The summed E-state index contributed by atoms with van der Waals surface area (Å²) in [6.45, 7) is 4.48. The number of hydrogen-bond acceptors (Lipinski definition) is 5. The number of halogens is 1. The van der Waals surface area contributed by atoms with Crippen molar-refractivity contribution in [2.75, 3.05) is 11.5 Å². The second-order valence-corrected chi connectivity index (χ2v) is 8.44. The van der Waals surface area contributed by atoms with Crippen molar-refractivity contribution in [3.05, 3.63) is 95.3 Å². The van der Waals surface area contributed by atoms with E-state index in [1.807, 2.05) is 13.8 Å². The molecule has 0 bridgehead atoms. The van der Waals surface area contributed by atoms with Gasteiger partial charge in [-0.15, -0.1) is 0 Å². The number of ketones is 1. The van der Waals surface area contributed by atoms with E-state index >= 15 is 0 Å². The highest BCUT2D eigenvalue weighted by Crippen LogP contribution is 2.44. The number of Topliss-reactive ketones (excluding diaryl/α,β-unsaturated/α-hetero) is 1. The molecule has 3 aromatic carbocycles. The van der Waals surface area contributed by atoms with Crippen LogP contribution in [0.15, 0.2) is 78.4 Å². The van der Waals surface area contributed by atoms with Crippen LogP contribution < -0.4 is 9.64 Å². The van der Waals surface area contributed by atoms with E-state index in [4.69, 9.17) is 4.74 Å². The maximum Gasteiger partial charge on any atom is 0.300 e. The van der Waals surface area contributed by atoms with Crippen molar-refractivity contribution in [1.82, 2.24) is 0 Å². The molecule has 1 aliphatic heterocycles. The van der Waals surface area contributed by atoms with Gasteiger partial charge in [0.25, 0.3) is 11.7 Å². The number of nitrogens with zero attached hydrogens (tertiary/aromatic N) is 1. The molecule has 1 fully saturated rings. The van der Waals surface area contributed by atoms with Crippen LogP contribution >= 0.6 is 0 Å². The van der Waals surface area contributed by atoms with E-state index in [1.54, 1.807) is 36.4 Å². The largest absolute Gasteiger partial charge is 0.507 e. The fourth-order valence-electron chi connectivity index (χ4n) is 3.86. The Morgan fingerprint density at radius 3 is 2.41 bits per heavy atom. The summed E-state index contributed by atoms with van der Waals surface area (Å²) >= 11 is 0. The molecule has 1 aliphatic rings. The number of anilines is 1. The molecule has 1 unspecified atom stereocenters. The fourth-order valence-corrected chi connectivity index (χ4v) is 3.86. The van der Waals surface area contributed by atoms with Gasteiger partial charge in [0.1, 0.15) is 23.1 Å². The van der Waals surface area contributed by atoms with Gasteiger partial charge in [0.15, 0.2) is 0 Å². The highest BCUT2D eigenvalue weighted by Gasteiger charge is 2.47. The van der Waals surface area contributed by atoms with Crippen molar-refractivity contribution in [2.24, 2.45) is 5.92 Å². The van der Waals surface area contributed by atoms with Gasteiger partial charge in [-0.3, -0.25) is 14.5 Å². The van der Waals surface area contributed by atoms with Crippen LogP contribution in [-0.2, 0) is 9.59 Å². The second-order valence-electron chi connectivity index (χ2n) is 8.44. The number of carbonyl (C=O) groups excluding carboxylic acids is 2. The van der Waals surface area contributed by atoms with E-state index in [0.717, 1.165) is 4.90 Å². The summed E-state index contributed by atoms with van der Waals surface area (Å²) in [5.41, 5.74) is 0.633. The Hall–Kier alpha value is -4.13. The van der Waals surface area contributed by atoms with Crippen LogP contribution in [0.3, 0.4) is 0 Å². The van der Waals surface area contributed by atoms with Crippen LogP contribution in [0.1, 0.15) is 31.0 Å². The molecule has 1 saturated heterocycles. The number of aromatic hydroxyl groups is 1. The number of para-hydroxylation sites is 2. The minimum Gasteiger partial charge on any atom is -0.507 e. The Morgan fingerprint density at radius 2 is 1.74 bits per heavy atom. The first-order valence-electron chi connectivity index (χ1n) is 10.9. The average molecular weight is 461 g/mol. The van der Waals surface area contributed by atoms with E-state index in [9.17, 15) is 24.2 Å². The highest BCUT2D eigenvalue weighted by atomic mass is 19.1. The minimum absolute atomic E-state index is 0.104. The fraction of sp³-hybridized carbons (Fsp3) is 0.185. The van der Waals surface area contributed by atoms with E-state index < -0.39 is 23.5 Å². The molecular formula is C27H24FNO5. The summed E-state index contributed by atoms with van der Waals surface area (Å²) < 4.78 is 19.4. The molecule has 1 atom stereocenters. The number of aliphatic hydroxyl groups excluding tert-OH is 1. The number of ether oxygens (including phenoxy) is 1. The first kappa shape index (κ1) is 23.0. The molecule has 174 valence electrons. The van der Waals surface area contributed by atoms with E-state index in [-0.39, 0.29) is 22.8 Å². The van der Waals surface area contributed by atoms with Crippen LogP contribution in [0.5, 0.6) is 11.5 Å². The number of benzene rings is 3. The van der Waals surface area contributed by atoms with Gasteiger partial charge in [-0.1, -0.05) is 50.2 Å². The van der Waals surface area contributed by atoms with Crippen molar-refractivity contribution in [1.29, 1.82) is 0 Å². The Labute approximate surface area is 196 Å². The zero-order valence-corrected chi connectivity index (χ0v) is 18.7. The van der Waals surface area contributed by atoms with E-state index in [0.29, 0.717) is 29.4 Å². The topological polar surface area (TPSA) is 87.1 Å². The van der Waals surface area contributed by atoms with Gasteiger partial charge >= 0.3 is 0 Å². The smallest absolute Gasteiger partial charge is 0.300 e. The van der Waals surface area contributed by atoms with Crippen molar-refractivity contribution in [3.8, 4) is 11.5 Å². The molecule has 0 aliphatic carbocycles. The molecule has 0 saturated carbocycles. The SMILES string of the molecule is CC(C)COc1cccc(/C(O)=C2\C(=O)C(=O)N(c3ccccc3O)C2c2ccc(F)cc2)c1. The van der Waals surface area contributed by atoms with E-state index in [1.165, 1.54) is 36.4 Å². The van der Waals surface area contributed by atoms with Crippen molar-refractivity contribution < 1.29 is 28.9 Å². The van der Waals surface area contributed by atoms with E-state index in [2.05, 4.69) is 0 Å². The monoisotopic (exact) mass is 461 g/mol. The standard InChI is InChI=1S/C27H24FNO5/c1-16(2)15-34-20-7-5-6-18(14-20)25(31)23-24(17-10-12-19(28)13-11-17)29(27(33)26(23)32)21-8-3-4-9-22(21)30/h3-14,16,24,30-31H,15H2,1-2H3/b25-23+. The first-order valence-corrected chi connectivity index (χ1v) is 10.9. The van der Waals surface area contributed by atoms with Crippen LogP contribution in [-0.4, -0.2) is 28.5 Å². The average Bonchev–Trinajstić information content (AvgIpc) is 3.08. The predicted molar refractivity (Wildman–Crippen MR) is 126 cm³/mol. The van der Waals surface area contributed by atoms with Gasteiger partial charge in [0, 0.05) is 5.56 Å². The zero-order valence-electron chi connectivity index (χ0n) is 18.7. The van der Waals surface area contributed by atoms with Crippen LogP contribution in [0.25, 0.3) is 5.76 Å². The van der Waals surface area contributed by atoms with Crippen molar-refractivity contribution in [2.45, 2.75) is 19.9 Å². The third kappa shape index (κ3) is 4.37. The Morgan fingerprint density at radius 1 is 1.03 bits per heavy atom. The lowest BCUT2D eigenvalue weighted by atomic mass is 9.95. The number of aliphatic hydroxyl groups is 1. The molecule has 0 radical (unpaired) electrons.